The lowest BCUT2D eigenvalue weighted by Gasteiger charge is -2.29. The molecule has 2 atom stereocenters. The van der Waals surface area contributed by atoms with Gasteiger partial charge in [0, 0.05) is 11.3 Å². The summed E-state index contributed by atoms with van der Waals surface area (Å²) >= 11 is 5.33. The molecular weight excluding hydrogens is 313 g/mol. The Morgan fingerprint density at radius 1 is 1.50 bits per heavy atom. The van der Waals surface area contributed by atoms with Gasteiger partial charge in [-0.05, 0) is 65.7 Å². The first-order valence-corrected chi connectivity index (χ1v) is 8.27. The average molecular weight is 332 g/mol. The minimum Gasteiger partial charge on any atom is -0.316 e. The molecule has 1 aliphatic heterocycles. The summed E-state index contributed by atoms with van der Waals surface area (Å²) in [4.78, 5) is 0. The summed E-state index contributed by atoms with van der Waals surface area (Å²) in [6.07, 6.45) is 4.94. The number of halogens is 2. The number of hydrogen-bond acceptors (Lipinski definition) is 2. The van der Waals surface area contributed by atoms with Gasteiger partial charge in [-0.25, -0.2) is 4.39 Å². The van der Waals surface area contributed by atoms with Gasteiger partial charge in [0.15, 0.2) is 0 Å². The average Bonchev–Trinajstić information content (AvgIpc) is 2.41. The van der Waals surface area contributed by atoms with E-state index >= 15 is 0 Å². The predicted octanol–water partition coefficient (Wildman–Crippen LogP) is 4.00. The Hall–Kier alpha value is -0.0600. The second-order valence-electron chi connectivity index (χ2n) is 4.75. The second-order valence-corrected chi connectivity index (χ2v) is 6.95. The van der Waals surface area contributed by atoms with Crippen molar-refractivity contribution in [1.29, 1.82) is 0 Å². The Labute approximate surface area is 121 Å². The Balaban J connectivity index is 2.02. The summed E-state index contributed by atoms with van der Waals surface area (Å²) in [5.41, 5.74) is 1.19. The van der Waals surface area contributed by atoms with Gasteiger partial charge in [0.1, 0.15) is 5.82 Å². The van der Waals surface area contributed by atoms with E-state index in [2.05, 4.69) is 33.0 Å². The molecule has 1 aliphatic rings. The second kappa shape index (κ2) is 6.92. The molecule has 1 nitrogen and oxygen atoms in total. The molecule has 2 unspecified atom stereocenters. The van der Waals surface area contributed by atoms with Gasteiger partial charge in [-0.1, -0.05) is 12.5 Å². The zero-order valence-electron chi connectivity index (χ0n) is 10.6. The zero-order chi connectivity index (χ0) is 13.0. The van der Waals surface area contributed by atoms with Crippen LogP contribution in [0, 0.1) is 5.82 Å². The van der Waals surface area contributed by atoms with Crippen LogP contribution in [0.4, 0.5) is 4.39 Å². The maximum Gasteiger partial charge on any atom is 0.137 e. The third-order valence-corrected chi connectivity index (χ3v) is 5.60. The molecule has 0 radical (unpaired) electrons. The fraction of sp³-hybridized carbons (Fsp3) is 0.571. The topological polar surface area (TPSA) is 12.0 Å². The van der Waals surface area contributed by atoms with Crippen molar-refractivity contribution in [2.75, 3.05) is 12.8 Å². The SMILES string of the molecule is CNC(Cc1ccc(F)c(Br)c1)C1CCCCS1. The first-order chi connectivity index (χ1) is 8.70. The summed E-state index contributed by atoms with van der Waals surface area (Å²) < 4.78 is 13.8. The van der Waals surface area contributed by atoms with E-state index < -0.39 is 0 Å². The van der Waals surface area contributed by atoms with Crippen molar-refractivity contribution >= 4 is 27.7 Å². The highest BCUT2D eigenvalue weighted by Gasteiger charge is 2.23. The van der Waals surface area contributed by atoms with Gasteiger partial charge in [-0.3, -0.25) is 0 Å². The molecule has 18 heavy (non-hydrogen) atoms. The number of rotatable bonds is 4. The molecule has 1 aromatic rings. The van der Waals surface area contributed by atoms with Gasteiger partial charge < -0.3 is 5.32 Å². The summed E-state index contributed by atoms with van der Waals surface area (Å²) in [5, 5.41) is 4.11. The zero-order valence-corrected chi connectivity index (χ0v) is 13.0. The van der Waals surface area contributed by atoms with Crippen molar-refractivity contribution in [2.24, 2.45) is 0 Å². The molecule has 0 amide bonds. The number of likely N-dealkylation sites (N-methyl/N-ethyl adjacent to an activating group) is 1. The monoisotopic (exact) mass is 331 g/mol. The summed E-state index contributed by atoms with van der Waals surface area (Å²) in [7, 11) is 2.03. The smallest absolute Gasteiger partial charge is 0.137 e. The minimum atomic E-state index is -0.188. The third kappa shape index (κ3) is 3.72. The number of thioether (sulfide) groups is 1. The lowest BCUT2D eigenvalue weighted by atomic mass is 9.99. The van der Waals surface area contributed by atoms with Crippen LogP contribution in [0.15, 0.2) is 22.7 Å². The lowest BCUT2D eigenvalue weighted by Crippen LogP contribution is -2.38. The van der Waals surface area contributed by atoms with Crippen LogP contribution in [-0.4, -0.2) is 24.1 Å². The molecule has 1 saturated heterocycles. The molecule has 0 aromatic heterocycles. The van der Waals surface area contributed by atoms with Gasteiger partial charge in [0.25, 0.3) is 0 Å². The van der Waals surface area contributed by atoms with Gasteiger partial charge in [-0.2, -0.15) is 11.8 Å². The molecular formula is C14H19BrFNS. The van der Waals surface area contributed by atoms with Crippen LogP contribution in [0.1, 0.15) is 24.8 Å². The van der Waals surface area contributed by atoms with Gasteiger partial charge >= 0.3 is 0 Å². The summed E-state index contributed by atoms with van der Waals surface area (Å²) in [6.45, 7) is 0. The van der Waals surface area contributed by atoms with E-state index in [-0.39, 0.29) is 5.82 Å². The van der Waals surface area contributed by atoms with E-state index in [0.29, 0.717) is 15.8 Å². The van der Waals surface area contributed by atoms with E-state index in [9.17, 15) is 4.39 Å². The fourth-order valence-corrected chi connectivity index (χ4v) is 4.32. The van der Waals surface area contributed by atoms with Crippen molar-refractivity contribution in [3.8, 4) is 0 Å². The van der Waals surface area contributed by atoms with Gasteiger partial charge in [0.2, 0.25) is 0 Å². The van der Waals surface area contributed by atoms with Crippen LogP contribution in [0.2, 0.25) is 0 Å². The van der Waals surface area contributed by atoms with Gasteiger partial charge in [-0.15, -0.1) is 0 Å². The number of nitrogens with one attached hydrogen (secondary N) is 1. The Morgan fingerprint density at radius 2 is 2.33 bits per heavy atom. The van der Waals surface area contributed by atoms with E-state index in [1.54, 1.807) is 6.07 Å². The minimum absolute atomic E-state index is 0.188. The molecule has 2 rings (SSSR count). The van der Waals surface area contributed by atoms with Crippen LogP contribution in [-0.2, 0) is 6.42 Å². The first kappa shape index (κ1) is 14.4. The molecule has 1 N–H and O–H groups in total. The maximum atomic E-state index is 13.2. The van der Waals surface area contributed by atoms with Gasteiger partial charge in [0.05, 0.1) is 4.47 Å². The van der Waals surface area contributed by atoms with E-state index in [1.165, 1.54) is 30.6 Å². The van der Waals surface area contributed by atoms with Crippen molar-refractivity contribution in [1.82, 2.24) is 5.32 Å². The Bertz CT molecular complexity index is 393. The molecule has 0 spiro atoms. The number of hydrogen-bond donors (Lipinski definition) is 1. The standard InChI is InChI=1S/C14H19BrFNS/c1-17-13(14-4-2-3-7-18-14)9-10-5-6-12(16)11(15)8-10/h5-6,8,13-14,17H,2-4,7,9H2,1H3. The lowest BCUT2D eigenvalue weighted by molar-refractivity contribution is 0.494. The summed E-state index contributed by atoms with van der Waals surface area (Å²) in [5.74, 6) is 1.09. The summed E-state index contributed by atoms with van der Waals surface area (Å²) in [6, 6.07) is 5.80. The molecule has 1 aromatic carbocycles. The molecule has 1 heterocycles. The fourth-order valence-electron chi connectivity index (χ4n) is 2.42. The van der Waals surface area contributed by atoms with Crippen molar-refractivity contribution in [2.45, 2.75) is 37.0 Å². The Morgan fingerprint density at radius 3 is 2.94 bits per heavy atom. The molecule has 0 aliphatic carbocycles. The highest BCUT2D eigenvalue weighted by molar-refractivity contribution is 9.10. The number of benzene rings is 1. The van der Waals surface area contributed by atoms with Crippen LogP contribution < -0.4 is 5.32 Å². The maximum absolute atomic E-state index is 13.2. The largest absolute Gasteiger partial charge is 0.316 e. The molecule has 100 valence electrons. The van der Waals surface area contributed by atoms with Crippen molar-refractivity contribution in [3.05, 3.63) is 34.1 Å². The first-order valence-electron chi connectivity index (χ1n) is 6.43. The highest BCUT2D eigenvalue weighted by atomic mass is 79.9. The molecule has 1 fully saturated rings. The highest BCUT2D eigenvalue weighted by Crippen LogP contribution is 2.29. The Kier molecular flexibility index (Phi) is 5.52. The van der Waals surface area contributed by atoms with E-state index in [0.717, 1.165) is 6.42 Å². The van der Waals surface area contributed by atoms with Crippen LogP contribution in [0.5, 0.6) is 0 Å². The quantitative estimate of drug-likeness (QED) is 0.894. The molecule has 0 bridgehead atoms. The van der Waals surface area contributed by atoms with Crippen molar-refractivity contribution < 1.29 is 4.39 Å². The normalized spacial score (nSPS) is 21.8. The van der Waals surface area contributed by atoms with Crippen molar-refractivity contribution in [3.63, 3.8) is 0 Å². The molecule has 4 heteroatoms. The van der Waals surface area contributed by atoms with Crippen LogP contribution in [0.3, 0.4) is 0 Å². The van der Waals surface area contributed by atoms with Crippen LogP contribution >= 0.6 is 27.7 Å². The van der Waals surface area contributed by atoms with Crippen LogP contribution in [0.25, 0.3) is 0 Å². The van der Waals surface area contributed by atoms with E-state index in [1.807, 2.05) is 19.2 Å². The third-order valence-electron chi connectivity index (χ3n) is 3.47. The van der Waals surface area contributed by atoms with E-state index in [4.69, 9.17) is 0 Å². The molecule has 0 saturated carbocycles. The predicted molar refractivity (Wildman–Crippen MR) is 80.7 cm³/mol.